The maximum absolute atomic E-state index is 6.27. The topological polar surface area (TPSA) is 44.2 Å². The summed E-state index contributed by atoms with van der Waals surface area (Å²) >= 11 is 9.51. The third kappa shape index (κ3) is 3.19. The summed E-state index contributed by atoms with van der Waals surface area (Å²) in [5, 5.41) is 9.69. The summed E-state index contributed by atoms with van der Waals surface area (Å²) < 4.78 is 12.3. The molecule has 0 spiro atoms. The summed E-state index contributed by atoms with van der Waals surface area (Å²) in [5.41, 5.74) is 1.09. The summed E-state index contributed by atoms with van der Waals surface area (Å²) in [6, 6.07) is 3.92. The second-order valence-corrected chi connectivity index (χ2v) is 7.14. The van der Waals surface area contributed by atoms with Gasteiger partial charge in [-0.3, -0.25) is 0 Å². The Morgan fingerprint density at radius 3 is 2.95 bits per heavy atom. The molecule has 1 aliphatic rings. The number of benzene rings is 1. The van der Waals surface area contributed by atoms with Crippen LogP contribution in [0.25, 0.3) is 0 Å². The highest BCUT2D eigenvalue weighted by molar-refractivity contribution is 8.00. The van der Waals surface area contributed by atoms with Crippen molar-refractivity contribution in [3.63, 3.8) is 0 Å². The highest BCUT2D eigenvalue weighted by atomic mass is 35.5. The van der Waals surface area contributed by atoms with Crippen molar-refractivity contribution >= 4 is 34.7 Å². The van der Waals surface area contributed by atoms with Gasteiger partial charge in [0.15, 0.2) is 15.8 Å². The second kappa shape index (κ2) is 6.20. The van der Waals surface area contributed by atoms with Crippen LogP contribution in [0.5, 0.6) is 11.5 Å². The number of rotatable bonds is 3. The Morgan fingerprint density at radius 2 is 2.15 bits per heavy atom. The zero-order valence-corrected chi connectivity index (χ0v) is 13.3. The molecule has 2 heterocycles. The minimum Gasteiger partial charge on any atom is -0.489 e. The first-order valence-electron chi connectivity index (χ1n) is 6.23. The molecule has 1 aliphatic heterocycles. The summed E-state index contributed by atoms with van der Waals surface area (Å²) in [6.45, 7) is 3.26. The van der Waals surface area contributed by atoms with Crippen LogP contribution in [-0.4, -0.2) is 23.4 Å². The molecule has 0 N–H and O–H groups in total. The molecule has 0 aliphatic carbocycles. The van der Waals surface area contributed by atoms with Crippen molar-refractivity contribution in [1.82, 2.24) is 10.2 Å². The van der Waals surface area contributed by atoms with Gasteiger partial charge in [0.1, 0.15) is 5.01 Å². The average molecular weight is 329 g/mol. The summed E-state index contributed by atoms with van der Waals surface area (Å²) in [7, 11) is 0. The van der Waals surface area contributed by atoms with Crippen LogP contribution in [0.1, 0.15) is 17.0 Å². The Kier molecular flexibility index (Phi) is 4.33. The molecule has 1 aromatic carbocycles. The van der Waals surface area contributed by atoms with Crippen molar-refractivity contribution in [2.45, 2.75) is 23.4 Å². The predicted octanol–water partition coefficient (Wildman–Crippen LogP) is 3.95. The molecule has 2 aromatic rings. The summed E-state index contributed by atoms with van der Waals surface area (Å²) in [5.74, 6) is 2.18. The first-order valence-corrected chi connectivity index (χ1v) is 8.41. The van der Waals surface area contributed by atoms with E-state index in [2.05, 4.69) is 10.2 Å². The fourth-order valence-electron chi connectivity index (χ4n) is 1.85. The maximum atomic E-state index is 6.27. The molecule has 106 valence electrons. The zero-order chi connectivity index (χ0) is 13.9. The van der Waals surface area contributed by atoms with Crippen LogP contribution < -0.4 is 9.47 Å². The van der Waals surface area contributed by atoms with Crippen molar-refractivity contribution in [3.05, 3.63) is 27.7 Å². The lowest BCUT2D eigenvalue weighted by molar-refractivity contribution is 0.297. The molecular formula is C13H13ClN2O2S2. The van der Waals surface area contributed by atoms with Crippen LogP contribution in [0.3, 0.4) is 0 Å². The maximum Gasteiger partial charge on any atom is 0.179 e. The van der Waals surface area contributed by atoms with Crippen LogP contribution in [0, 0.1) is 6.92 Å². The van der Waals surface area contributed by atoms with E-state index in [9.17, 15) is 0 Å². The Bertz CT molecular complexity index is 618. The lowest BCUT2D eigenvalue weighted by Crippen LogP contribution is -1.97. The SMILES string of the molecule is Cc1nnc(SCc2cc(Cl)c3c(c2)OCCCO3)s1. The lowest BCUT2D eigenvalue weighted by Gasteiger charge is -2.11. The fraction of sp³-hybridized carbons (Fsp3) is 0.385. The summed E-state index contributed by atoms with van der Waals surface area (Å²) in [4.78, 5) is 0. The van der Waals surface area contributed by atoms with Crippen LogP contribution >= 0.6 is 34.7 Å². The molecule has 0 radical (unpaired) electrons. The molecule has 0 saturated carbocycles. The van der Waals surface area contributed by atoms with Gasteiger partial charge < -0.3 is 9.47 Å². The number of aryl methyl sites for hydroxylation is 1. The fourth-order valence-corrected chi connectivity index (χ4v) is 3.88. The van der Waals surface area contributed by atoms with E-state index in [0.717, 1.165) is 32.8 Å². The minimum atomic E-state index is 0.605. The van der Waals surface area contributed by atoms with Crippen molar-refractivity contribution < 1.29 is 9.47 Å². The van der Waals surface area contributed by atoms with E-state index in [4.69, 9.17) is 21.1 Å². The van der Waals surface area contributed by atoms with Gasteiger partial charge in [-0.2, -0.15) is 0 Å². The van der Waals surface area contributed by atoms with E-state index < -0.39 is 0 Å². The zero-order valence-electron chi connectivity index (χ0n) is 10.9. The molecule has 0 atom stereocenters. The highest BCUT2D eigenvalue weighted by Gasteiger charge is 2.16. The standard InChI is InChI=1S/C13H13ClN2O2S2/c1-8-15-16-13(20-8)19-7-9-5-10(14)12-11(6-9)17-3-2-4-18-12/h5-6H,2-4,7H2,1H3. The first-order chi connectivity index (χ1) is 9.72. The monoisotopic (exact) mass is 328 g/mol. The van der Waals surface area contributed by atoms with Gasteiger partial charge in [-0.15, -0.1) is 10.2 Å². The van der Waals surface area contributed by atoms with Gasteiger partial charge in [0.2, 0.25) is 0 Å². The number of thioether (sulfide) groups is 1. The Morgan fingerprint density at radius 1 is 1.30 bits per heavy atom. The molecule has 7 heteroatoms. The minimum absolute atomic E-state index is 0.605. The number of hydrogen-bond donors (Lipinski definition) is 0. The smallest absolute Gasteiger partial charge is 0.179 e. The van der Waals surface area contributed by atoms with E-state index in [1.165, 1.54) is 0 Å². The van der Waals surface area contributed by atoms with Crippen molar-refractivity contribution in [2.75, 3.05) is 13.2 Å². The lowest BCUT2D eigenvalue weighted by atomic mass is 10.2. The number of halogens is 1. The number of ether oxygens (including phenoxy) is 2. The highest BCUT2D eigenvalue weighted by Crippen LogP contribution is 2.39. The van der Waals surface area contributed by atoms with Crippen molar-refractivity contribution in [1.29, 1.82) is 0 Å². The van der Waals surface area contributed by atoms with Gasteiger partial charge in [0.25, 0.3) is 0 Å². The first kappa shape index (κ1) is 14.0. The van der Waals surface area contributed by atoms with Crippen LogP contribution in [0.4, 0.5) is 0 Å². The van der Waals surface area contributed by atoms with E-state index in [1.807, 2.05) is 19.1 Å². The molecule has 0 unspecified atom stereocenters. The van der Waals surface area contributed by atoms with Gasteiger partial charge in [-0.05, 0) is 24.6 Å². The van der Waals surface area contributed by atoms with Crippen molar-refractivity contribution in [2.24, 2.45) is 0 Å². The third-order valence-corrected chi connectivity index (χ3v) is 5.06. The van der Waals surface area contributed by atoms with Gasteiger partial charge >= 0.3 is 0 Å². The molecule has 0 bridgehead atoms. The number of aromatic nitrogens is 2. The van der Waals surface area contributed by atoms with Gasteiger partial charge in [0, 0.05) is 12.2 Å². The van der Waals surface area contributed by atoms with Gasteiger partial charge in [0.05, 0.1) is 18.2 Å². The molecule has 3 rings (SSSR count). The normalized spacial score (nSPS) is 14.1. The predicted molar refractivity (Wildman–Crippen MR) is 81.3 cm³/mol. The van der Waals surface area contributed by atoms with Crippen LogP contribution in [-0.2, 0) is 5.75 Å². The number of nitrogens with zero attached hydrogens (tertiary/aromatic N) is 2. The van der Waals surface area contributed by atoms with Crippen LogP contribution in [0.2, 0.25) is 5.02 Å². The molecular weight excluding hydrogens is 316 g/mol. The van der Waals surface area contributed by atoms with Gasteiger partial charge in [-0.1, -0.05) is 34.7 Å². The molecule has 1 aromatic heterocycles. The van der Waals surface area contributed by atoms with E-state index >= 15 is 0 Å². The molecule has 0 amide bonds. The van der Waals surface area contributed by atoms with Gasteiger partial charge in [-0.25, -0.2) is 0 Å². The molecule has 4 nitrogen and oxygen atoms in total. The van der Waals surface area contributed by atoms with E-state index in [-0.39, 0.29) is 0 Å². The quantitative estimate of drug-likeness (QED) is 0.798. The largest absolute Gasteiger partial charge is 0.489 e. The average Bonchev–Trinajstić information content (AvgIpc) is 2.70. The number of fused-ring (bicyclic) bond motifs is 1. The molecule has 0 saturated heterocycles. The Labute approximate surface area is 130 Å². The van der Waals surface area contributed by atoms with Crippen molar-refractivity contribution in [3.8, 4) is 11.5 Å². The molecule has 20 heavy (non-hydrogen) atoms. The number of hydrogen-bond acceptors (Lipinski definition) is 6. The Balaban J connectivity index is 1.77. The second-order valence-electron chi connectivity index (χ2n) is 4.33. The molecule has 0 fully saturated rings. The van der Waals surface area contributed by atoms with E-state index in [1.54, 1.807) is 23.1 Å². The third-order valence-electron chi connectivity index (χ3n) is 2.73. The Hall–Kier alpha value is -0.980. The van der Waals surface area contributed by atoms with Crippen LogP contribution in [0.15, 0.2) is 16.5 Å². The van der Waals surface area contributed by atoms with E-state index in [0.29, 0.717) is 24.0 Å². The summed E-state index contributed by atoms with van der Waals surface area (Å²) in [6.07, 6.45) is 0.874.